The highest BCUT2D eigenvalue weighted by molar-refractivity contribution is 5.54. The molecule has 6 heteroatoms. The number of benzene rings is 1. The van der Waals surface area contributed by atoms with Crippen molar-refractivity contribution in [2.75, 3.05) is 0 Å². The van der Waals surface area contributed by atoms with Crippen molar-refractivity contribution in [2.24, 2.45) is 0 Å². The lowest BCUT2D eigenvalue weighted by molar-refractivity contribution is -0.138. The second-order valence-corrected chi connectivity index (χ2v) is 3.30. The van der Waals surface area contributed by atoms with Gasteiger partial charge in [-0.05, 0) is 24.3 Å². The average molecular weight is 242 g/mol. The van der Waals surface area contributed by atoms with Crippen LogP contribution in [0, 0.1) is 5.82 Å². The Morgan fingerprint density at radius 3 is 1.88 bits per heavy atom. The number of halogens is 4. The van der Waals surface area contributed by atoms with E-state index in [1.165, 1.54) is 24.3 Å². The number of hydrogen-bond donors (Lipinski definition) is 0. The van der Waals surface area contributed by atoms with Gasteiger partial charge in [-0.1, -0.05) is 0 Å². The summed E-state index contributed by atoms with van der Waals surface area (Å²) < 4.78 is 49.4. The maximum Gasteiger partial charge on any atom is 0.419 e. The molecule has 0 fully saturated rings. The number of rotatable bonds is 1. The third kappa shape index (κ3) is 2.58. The maximum atomic E-state index is 12.6. The fourth-order valence-electron chi connectivity index (χ4n) is 1.22. The average Bonchev–Trinajstić information content (AvgIpc) is 2.29. The minimum Gasteiger partial charge on any atom is -0.236 e. The zero-order valence-electron chi connectivity index (χ0n) is 8.37. The molecule has 1 aromatic carbocycles. The van der Waals surface area contributed by atoms with Crippen LogP contribution in [0.2, 0.25) is 0 Å². The van der Waals surface area contributed by atoms with Gasteiger partial charge in [0, 0.05) is 18.0 Å². The van der Waals surface area contributed by atoms with Crippen LogP contribution < -0.4 is 0 Å². The molecule has 2 rings (SSSR count). The molecule has 0 aliphatic carbocycles. The van der Waals surface area contributed by atoms with Crippen LogP contribution in [-0.2, 0) is 6.18 Å². The monoisotopic (exact) mass is 242 g/mol. The minimum atomic E-state index is -4.46. The van der Waals surface area contributed by atoms with Gasteiger partial charge in [0.1, 0.15) is 5.82 Å². The number of hydrogen-bond acceptors (Lipinski definition) is 2. The van der Waals surface area contributed by atoms with E-state index in [0.717, 1.165) is 0 Å². The summed E-state index contributed by atoms with van der Waals surface area (Å²) >= 11 is 0. The van der Waals surface area contributed by atoms with E-state index >= 15 is 0 Å². The minimum absolute atomic E-state index is 0.123. The van der Waals surface area contributed by atoms with Crippen LogP contribution in [0.5, 0.6) is 0 Å². The van der Waals surface area contributed by atoms with Gasteiger partial charge in [-0.25, -0.2) is 14.4 Å². The summed E-state index contributed by atoms with van der Waals surface area (Å²) in [5.41, 5.74) is -0.455. The molecule has 0 aliphatic heterocycles. The molecule has 0 spiro atoms. The predicted molar refractivity (Wildman–Crippen MR) is 52.4 cm³/mol. The first-order chi connectivity index (χ1) is 7.97. The van der Waals surface area contributed by atoms with Crippen LogP contribution in [-0.4, -0.2) is 9.97 Å². The normalized spacial score (nSPS) is 11.5. The predicted octanol–water partition coefficient (Wildman–Crippen LogP) is 3.30. The molecule has 17 heavy (non-hydrogen) atoms. The lowest BCUT2D eigenvalue weighted by Crippen LogP contribution is -2.06. The van der Waals surface area contributed by atoms with Crippen LogP contribution in [0.3, 0.4) is 0 Å². The molecule has 0 unspecified atom stereocenters. The molecule has 0 radical (unpaired) electrons. The molecule has 0 saturated carbocycles. The zero-order valence-corrected chi connectivity index (χ0v) is 8.37. The summed E-state index contributed by atoms with van der Waals surface area (Å²) in [6.45, 7) is 0. The fourth-order valence-corrected chi connectivity index (χ4v) is 1.22. The summed E-state index contributed by atoms with van der Waals surface area (Å²) in [4.78, 5) is 7.18. The van der Waals surface area contributed by atoms with E-state index in [1.54, 1.807) is 0 Å². The van der Waals surface area contributed by atoms with Gasteiger partial charge in [0.2, 0.25) is 0 Å². The van der Waals surface area contributed by atoms with E-state index in [1.807, 2.05) is 0 Å². The first-order valence-corrected chi connectivity index (χ1v) is 4.62. The van der Waals surface area contributed by atoms with Gasteiger partial charge in [-0.15, -0.1) is 0 Å². The van der Waals surface area contributed by atoms with Gasteiger partial charge < -0.3 is 0 Å². The van der Waals surface area contributed by atoms with Crippen molar-refractivity contribution in [1.29, 1.82) is 0 Å². The molecule has 2 nitrogen and oxygen atoms in total. The Labute approximate surface area is 94.0 Å². The molecule has 0 aliphatic rings. The van der Waals surface area contributed by atoms with Crippen molar-refractivity contribution in [3.63, 3.8) is 0 Å². The Hall–Kier alpha value is -1.98. The van der Waals surface area contributed by atoms with Crippen molar-refractivity contribution >= 4 is 0 Å². The second kappa shape index (κ2) is 4.12. The van der Waals surface area contributed by atoms with E-state index in [4.69, 9.17) is 0 Å². The molecule has 0 amide bonds. The van der Waals surface area contributed by atoms with Crippen molar-refractivity contribution in [2.45, 2.75) is 6.18 Å². The van der Waals surface area contributed by atoms with Crippen molar-refractivity contribution < 1.29 is 17.6 Å². The van der Waals surface area contributed by atoms with Crippen molar-refractivity contribution in [3.05, 3.63) is 48.0 Å². The molecule has 1 aromatic heterocycles. The lowest BCUT2D eigenvalue weighted by Gasteiger charge is -2.05. The Bertz CT molecular complexity index is 502. The van der Waals surface area contributed by atoms with Crippen LogP contribution in [0.15, 0.2) is 36.7 Å². The van der Waals surface area contributed by atoms with E-state index < -0.39 is 17.6 Å². The fraction of sp³-hybridized carbons (Fsp3) is 0.0909. The smallest absolute Gasteiger partial charge is 0.236 e. The molecule has 2 aromatic rings. The van der Waals surface area contributed by atoms with Crippen LogP contribution in [0.25, 0.3) is 11.4 Å². The largest absolute Gasteiger partial charge is 0.419 e. The van der Waals surface area contributed by atoms with Crippen LogP contribution >= 0.6 is 0 Å². The highest BCUT2D eigenvalue weighted by Gasteiger charge is 2.31. The summed E-state index contributed by atoms with van der Waals surface area (Å²) in [5.74, 6) is -0.307. The highest BCUT2D eigenvalue weighted by Crippen LogP contribution is 2.28. The molecule has 1 heterocycles. The van der Waals surface area contributed by atoms with Gasteiger partial charge in [0.15, 0.2) is 5.82 Å². The topological polar surface area (TPSA) is 25.8 Å². The Morgan fingerprint density at radius 2 is 1.41 bits per heavy atom. The molecular formula is C11H6F4N2. The highest BCUT2D eigenvalue weighted by atomic mass is 19.4. The summed E-state index contributed by atoms with van der Waals surface area (Å²) in [7, 11) is 0. The van der Waals surface area contributed by atoms with Gasteiger partial charge in [-0.3, -0.25) is 0 Å². The standard InChI is InChI=1S/C11H6F4N2/c12-9-3-1-7(2-4-9)10-16-5-8(6-17-10)11(13,14)15/h1-6H. The number of nitrogens with zero attached hydrogens (tertiary/aromatic N) is 2. The van der Waals surface area contributed by atoms with Crippen molar-refractivity contribution in [1.82, 2.24) is 9.97 Å². The Kier molecular flexibility index (Phi) is 2.79. The Morgan fingerprint density at radius 1 is 0.882 bits per heavy atom. The first-order valence-electron chi connectivity index (χ1n) is 4.62. The second-order valence-electron chi connectivity index (χ2n) is 3.30. The molecule has 0 bridgehead atoms. The van der Waals surface area contributed by atoms with Gasteiger partial charge >= 0.3 is 6.18 Å². The molecular weight excluding hydrogens is 236 g/mol. The maximum absolute atomic E-state index is 12.6. The quantitative estimate of drug-likeness (QED) is 0.717. The van der Waals surface area contributed by atoms with Gasteiger partial charge in [0.25, 0.3) is 0 Å². The van der Waals surface area contributed by atoms with E-state index in [-0.39, 0.29) is 5.82 Å². The molecule has 0 saturated heterocycles. The van der Waals surface area contributed by atoms with Gasteiger partial charge in [-0.2, -0.15) is 13.2 Å². The van der Waals surface area contributed by atoms with Crippen LogP contribution in [0.1, 0.15) is 5.56 Å². The van der Waals surface area contributed by atoms with Gasteiger partial charge in [0.05, 0.1) is 5.56 Å². The number of aromatic nitrogens is 2. The van der Waals surface area contributed by atoms with Crippen LogP contribution in [0.4, 0.5) is 17.6 Å². The van der Waals surface area contributed by atoms with E-state index in [9.17, 15) is 17.6 Å². The summed E-state index contributed by atoms with van der Waals surface area (Å²) in [6.07, 6.45) is -3.06. The zero-order chi connectivity index (χ0) is 12.5. The van der Waals surface area contributed by atoms with Crippen molar-refractivity contribution in [3.8, 4) is 11.4 Å². The molecule has 88 valence electrons. The SMILES string of the molecule is Fc1ccc(-c2ncc(C(F)(F)F)cn2)cc1. The molecule has 0 N–H and O–H groups in total. The Balaban J connectivity index is 2.33. The molecule has 0 atom stereocenters. The summed E-state index contributed by atoms with van der Waals surface area (Å²) in [6, 6.07) is 5.18. The van der Waals surface area contributed by atoms with E-state index in [2.05, 4.69) is 9.97 Å². The third-order valence-corrected chi connectivity index (χ3v) is 2.08. The number of alkyl halides is 3. The third-order valence-electron chi connectivity index (χ3n) is 2.08. The lowest BCUT2D eigenvalue weighted by atomic mass is 10.2. The van der Waals surface area contributed by atoms with E-state index in [0.29, 0.717) is 18.0 Å². The summed E-state index contributed by atoms with van der Waals surface area (Å²) in [5, 5.41) is 0. The first kappa shape index (κ1) is 11.5.